The third-order valence-corrected chi connectivity index (χ3v) is 3.64. The predicted octanol–water partition coefficient (Wildman–Crippen LogP) is 3.12. The molecule has 1 aromatic carbocycles. The average molecular weight is 291 g/mol. The monoisotopic (exact) mass is 291 g/mol. The van der Waals surface area contributed by atoms with Gasteiger partial charge in [0.2, 0.25) is 0 Å². The molecule has 0 saturated heterocycles. The number of aliphatic carboxylic acids is 1. The summed E-state index contributed by atoms with van der Waals surface area (Å²) in [5, 5.41) is 11.8. The Hall–Kier alpha value is -1.84. The van der Waals surface area contributed by atoms with Gasteiger partial charge in [0.05, 0.1) is 5.92 Å². The third kappa shape index (κ3) is 5.58. The fraction of sp³-hybridized carbons (Fsp3) is 0.529. The highest BCUT2D eigenvalue weighted by atomic mass is 16.4. The van der Waals surface area contributed by atoms with Gasteiger partial charge in [-0.25, -0.2) is 0 Å². The molecule has 1 amide bonds. The second-order valence-corrected chi connectivity index (χ2v) is 5.70. The maximum Gasteiger partial charge on any atom is 0.308 e. The van der Waals surface area contributed by atoms with Gasteiger partial charge in [-0.1, -0.05) is 39.3 Å². The van der Waals surface area contributed by atoms with Crippen molar-refractivity contribution in [3.05, 3.63) is 35.4 Å². The molecule has 0 aliphatic rings. The summed E-state index contributed by atoms with van der Waals surface area (Å²) >= 11 is 0. The normalized spacial score (nSPS) is 12.2. The summed E-state index contributed by atoms with van der Waals surface area (Å²) in [5.41, 5.74) is 1.79. The van der Waals surface area contributed by atoms with Gasteiger partial charge in [-0.3, -0.25) is 9.59 Å². The maximum atomic E-state index is 12.0. The molecule has 0 aliphatic heterocycles. The van der Waals surface area contributed by atoms with Crippen LogP contribution in [-0.2, 0) is 11.2 Å². The van der Waals surface area contributed by atoms with Crippen molar-refractivity contribution in [2.24, 2.45) is 11.8 Å². The molecule has 0 radical (unpaired) electrons. The lowest BCUT2D eigenvalue weighted by atomic mass is 9.96. The number of rotatable bonds is 8. The number of hydrogen-bond donors (Lipinski definition) is 2. The number of carboxylic acid groups (broad SMARTS) is 1. The largest absolute Gasteiger partial charge is 0.481 e. The number of nitrogens with one attached hydrogen (secondary N) is 1. The Morgan fingerprint density at radius 1 is 1.19 bits per heavy atom. The Kier molecular flexibility index (Phi) is 6.92. The summed E-state index contributed by atoms with van der Waals surface area (Å²) in [6.45, 7) is 5.99. The van der Waals surface area contributed by atoms with Crippen LogP contribution >= 0.6 is 0 Å². The number of carbonyl (C=O) groups is 2. The first-order chi connectivity index (χ1) is 9.95. The van der Waals surface area contributed by atoms with Gasteiger partial charge in [0, 0.05) is 12.1 Å². The molecule has 116 valence electrons. The molecule has 4 nitrogen and oxygen atoms in total. The van der Waals surface area contributed by atoms with E-state index in [2.05, 4.69) is 12.2 Å². The van der Waals surface area contributed by atoms with Crippen molar-refractivity contribution < 1.29 is 14.7 Å². The lowest BCUT2D eigenvalue weighted by Crippen LogP contribution is -2.35. The molecule has 2 N–H and O–H groups in total. The lowest BCUT2D eigenvalue weighted by molar-refractivity contribution is -0.142. The Morgan fingerprint density at radius 2 is 1.81 bits per heavy atom. The molecule has 0 spiro atoms. The molecule has 0 saturated carbocycles. The van der Waals surface area contributed by atoms with Gasteiger partial charge < -0.3 is 10.4 Å². The zero-order valence-electron chi connectivity index (χ0n) is 13.1. The van der Waals surface area contributed by atoms with Gasteiger partial charge in [-0.2, -0.15) is 0 Å². The first-order valence-electron chi connectivity index (χ1n) is 7.55. The van der Waals surface area contributed by atoms with E-state index in [1.165, 1.54) is 5.56 Å². The van der Waals surface area contributed by atoms with Crippen molar-refractivity contribution in [1.29, 1.82) is 0 Å². The molecule has 0 aliphatic carbocycles. The van der Waals surface area contributed by atoms with E-state index in [9.17, 15) is 9.59 Å². The molecule has 1 atom stereocenters. The highest BCUT2D eigenvalue weighted by molar-refractivity contribution is 5.94. The van der Waals surface area contributed by atoms with E-state index in [-0.39, 0.29) is 18.4 Å². The molecule has 1 unspecified atom stereocenters. The molecule has 0 aromatic heterocycles. The van der Waals surface area contributed by atoms with Crippen LogP contribution in [0, 0.1) is 11.8 Å². The van der Waals surface area contributed by atoms with E-state index < -0.39 is 11.9 Å². The Labute approximate surface area is 126 Å². The summed E-state index contributed by atoms with van der Waals surface area (Å²) in [7, 11) is 0. The van der Waals surface area contributed by atoms with E-state index in [0.717, 1.165) is 19.3 Å². The van der Waals surface area contributed by atoms with Crippen LogP contribution in [0.25, 0.3) is 0 Å². The second-order valence-electron chi connectivity index (χ2n) is 5.70. The number of unbranched alkanes of at least 4 members (excludes halogenated alkanes) is 1. The van der Waals surface area contributed by atoms with Gasteiger partial charge in [0.25, 0.3) is 5.91 Å². The lowest BCUT2D eigenvalue weighted by Gasteiger charge is -2.16. The van der Waals surface area contributed by atoms with Crippen LogP contribution < -0.4 is 5.32 Å². The molecular formula is C17H25NO3. The van der Waals surface area contributed by atoms with Crippen molar-refractivity contribution in [1.82, 2.24) is 5.32 Å². The van der Waals surface area contributed by atoms with Gasteiger partial charge in [0.15, 0.2) is 0 Å². The average Bonchev–Trinajstić information content (AvgIpc) is 2.44. The number of carbonyl (C=O) groups excluding carboxylic acids is 1. The van der Waals surface area contributed by atoms with E-state index in [4.69, 9.17) is 5.11 Å². The predicted molar refractivity (Wildman–Crippen MR) is 83.4 cm³/mol. The molecular weight excluding hydrogens is 266 g/mol. The summed E-state index contributed by atoms with van der Waals surface area (Å²) in [6, 6.07) is 7.51. The Bertz CT molecular complexity index is 465. The highest BCUT2D eigenvalue weighted by Crippen LogP contribution is 2.11. The molecule has 1 aromatic rings. The molecule has 21 heavy (non-hydrogen) atoms. The molecule has 4 heteroatoms. The number of benzene rings is 1. The van der Waals surface area contributed by atoms with Crippen molar-refractivity contribution in [2.75, 3.05) is 6.54 Å². The highest BCUT2D eigenvalue weighted by Gasteiger charge is 2.22. The van der Waals surface area contributed by atoms with Gasteiger partial charge in [-0.05, 0) is 36.5 Å². The summed E-state index contributed by atoms with van der Waals surface area (Å²) < 4.78 is 0. The molecule has 0 heterocycles. The van der Waals surface area contributed by atoms with Crippen LogP contribution in [0.15, 0.2) is 24.3 Å². The maximum absolute atomic E-state index is 12.0. The topological polar surface area (TPSA) is 66.4 Å². The van der Waals surface area contributed by atoms with Crippen molar-refractivity contribution in [3.63, 3.8) is 0 Å². The minimum Gasteiger partial charge on any atom is -0.481 e. The van der Waals surface area contributed by atoms with Crippen LogP contribution in [0.3, 0.4) is 0 Å². The number of hydrogen-bond acceptors (Lipinski definition) is 2. The minimum absolute atomic E-state index is 0.0146. The number of carboxylic acids is 1. The number of aryl methyl sites for hydroxylation is 1. The molecule has 0 bridgehead atoms. The van der Waals surface area contributed by atoms with Crippen molar-refractivity contribution >= 4 is 11.9 Å². The van der Waals surface area contributed by atoms with Crippen molar-refractivity contribution in [2.45, 2.75) is 40.0 Å². The van der Waals surface area contributed by atoms with Gasteiger partial charge >= 0.3 is 5.97 Å². The van der Waals surface area contributed by atoms with E-state index in [1.807, 2.05) is 26.0 Å². The second kappa shape index (κ2) is 8.45. The SMILES string of the molecule is CCCCc1ccc(C(=O)NCC(C(=O)O)C(C)C)cc1. The first-order valence-corrected chi connectivity index (χ1v) is 7.55. The van der Waals surface area contributed by atoms with E-state index in [0.29, 0.717) is 5.56 Å². The van der Waals surface area contributed by atoms with Crippen LogP contribution in [0.2, 0.25) is 0 Å². The van der Waals surface area contributed by atoms with Crippen LogP contribution in [0.1, 0.15) is 49.5 Å². The molecule has 1 rings (SSSR count). The Morgan fingerprint density at radius 3 is 2.29 bits per heavy atom. The van der Waals surface area contributed by atoms with Crippen molar-refractivity contribution in [3.8, 4) is 0 Å². The van der Waals surface area contributed by atoms with Crippen LogP contribution in [-0.4, -0.2) is 23.5 Å². The summed E-state index contributed by atoms with van der Waals surface area (Å²) in [5.74, 6) is -1.67. The number of amides is 1. The third-order valence-electron chi connectivity index (χ3n) is 3.64. The fourth-order valence-corrected chi connectivity index (χ4v) is 2.12. The molecule has 0 fully saturated rings. The quantitative estimate of drug-likeness (QED) is 0.773. The van der Waals surface area contributed by atoms with Gasteiger partial charge in [0.1, 0.15) is 0 Å². The van der Waals surface area contributed by atoms with E-state index >= 15 is 0 Å². The summed E-state index contributed by atoms with van der Waals surface area (Å²) in [4.78, 5) is 23.1. The minimum atomic E-state index is -0.875. The standard InChI is InChI=1S/C17H25NO3/c1-4-5-6-13-7-9-14(10-8-13)16(19)18-11-15(12(2)3)17(20)21/h7-10,12,15H,4-6,11H2,1-3H3,(H,18,19)(H,20,21). The van der Waals surface area contributed by atoms with Crippen LogP contribution in [0.5, 0.6) is 0 Å². The fourth-order valence-electron chi connectivity index (χ4n) is 2.12. The smallest absolute Gasteiger partial charge is 0.308 e. The summed E-state index contributed by atoms with van der Waals surface area (Å²) in [6.07, 6.45) is 3.31. The zero-order valence-corrected chi connectivity index (χ0v) is 13.1. The van der Waals surface area contributed by atoms with Gasteiger partial charge in [-0.15, -0.1) is 0 Å². The van der Waals surface area contributed by atoms with Crippen LogP contribution in [0.4, 0.5) is 0 Å². The van der Waals surface area contributed by atoms with E-state index in [1.54, 1.807) is 12.1 Å². The Balaban J connectivity index is 2.57. The first kappa shape index (κ1) is 17.2. The zero-order chi connectivity index (χ0) is 15.8.